The van der Waals surface area contributed by atoms with Crippen molar-refractivity contribution in [3.63, 3.8) is 0 Å². The smallest absolute Gasteiger partial charge is 0.251 e. The largest absolute Gasteiger partial charge is 0.381 e. The van der Waals surface area contributed by atoms with Crippen LogP contribution in [-0.4, -0.2) is 32.1 Å². The zero-order valence-electron chi connectivity index (χ0n) is 12.4. The predicted octanol–water partition coefficient (Wildman–Crippen LogP) is 1.48. The summed E-state index contributed by atoms with van der Waals surface area (Å²) in [6.45, 7) is 1.93. The summed E-state index contributed by atoms with van der Waals surface area (Å²) in [5.74, 6) is 0.245. The predicted molar refractivity (Wildman–Crippen MR) is 79.8 cm³/mol. The van der Waals surface area contributed by atoms with E-state index in [0.29, 0.717) is 31.1 Å². The number of rotatable bonds is 5. The molecule has 1 fully saturated rings. The number of ether oxygens (including phenoxy) is 1. The molecule has 1 heterocycles. The zero-order valence-corrected chi connectivity index (χ0v) is 12.4. The van der Waals surface area contributed by atoms with Gasteiger partial charge in [0.15, 0.2) is 0 Å². The van der Waals surface area contributed by atoms with Crippen LogP contribution < -0.4 is 10.6 Å². The molecule has 2 rings (SSSR count). The Morgan fingerprint density at radius 2 is 2.24 bits per heavy atom. The van der Waals surface area contributed by atoms with Gasteiger partial charge in [-0.2, -0.15) is 0 Å². The summed E-state index contributed by atoms with van der Waals surface area (Å²) in [7, 11) is 1.60. The molecule has 0 radical (unpaired) electrons. The van der Waals surface area contributed by atoms with Gasteiger partial charge in [-0.05, 0) is 36.5 Å². The van der Waals surface area contributed by atoms with Crippen molar-refractivity contribution in [1.29, 1.82) is 0 Å². The Morgan fingerprint density at radius 3 is 2.95 bits per heavy atom. The fourth-order valence-corrected chi connectivity index (χ4v) is 2.47. The number of nitrogens with one attached hydrogen (secondary N) is 2. The molecule has 5 heteroatoms. The summed E-state index contributed by atoms with van der Waals surface area (Å²) < 4.78 is 5.38. The highest BCUT2D eigenvalue weighted by Crippen LogP contribution is 2.16. The lowest BCUT2D eigenvalue weighted by atomic mass is 9.98. The van der Waals surface area contributed by atoms with E-state index in [2.05, 4.69) is 10.6 Å². The van der Waals surface area contributed by atoms with E-state index in [1.807, 2.05) is 12.1 Å². The van der Waals surface area contributed by atoms with Gasteiger partial charge in [0, 0.05) is 38.8 Å². The summed E-state index contributed by atoms with van der Waals surface area (Å²) in [6.07, 6.45) is 2.60. The molecule has 1 aliphatic heterocycles. The average Bonchev–Trinajstić information content (AvgIpc) is 2.53. The molecule has 5 nitrogen and oxygen atoms in total. The van der Waals surface area contributed by atoms with E-state index in [0.717, 1.165) is 25.0 Å². The first-order valence-corrected chi connectivity index (χ1v) is 7.34. The number of hydrogen-bond donors (Lipinski definition) is 2. The fourth-order valence-electron chi connectivity index (χ4n) is 2.47. The van der Waals surface area contributed by atoms with Crippen molar-refractivity contribution in [1.82, 2.24) is 10.6 Å². The second-order valence-electron chi connectivity index (χ2n) is 5.34. The van der Waals surface area contributed by atoms with E-state index < -0.39 is 0 Å². The first-order chi connectivity index (χ1) is 10.2. The van der Waals surface area contributed by atoms with E-state index in [1.54, 1.807) is 19.2 Å². The Morgan fingerprint density at radius 1 is 1.38 bits per heavy atom. The first-order valence-electron chi connectivity index (χ1n) is 7.34. The topological polar surface area (TPSA) is 67.4 Å². The molecule has 0 spiro atoms. The molecule has 114 valence electrons. The Kier molecular flexibility index (Phi) is 5.75. The van der Waals surface area contributed by atoms with E-state index in [-0.39, 0.29) is 11.8 Å². The molecular formula is C16H22N2O3. The molecule has 1 aliphatic rings. The minimum atomic E-state index is -0.123. The van der Waals surface area contributed by atoms with Crippen LogP contribution in [0.5, 0.6) is 0 Å². The van der Waals surface area contributed by atoms with Crippen molar-refractivity contribution in [3.8, 4) is 0 Å². The van der Waals surface area contributed by atoms with Crippen molar-refractivity contribution in [3.05, 3.63) is 35.4 Å². The number of carbonyl (C=O) groups is 2. The van der Waals surface area contributed by atoms with Gasteiger partial charge < -0.3 is 15.4 Å². The monoisotopic (exact) mass is 290 g/mol. The first kappa shape index (κ1) is 15.5. The van der Waals surface area contributed by atoms with Crippen LogP contribution in [-0.2, 0) is 16.1 Å². The van der Waals surface area contributed by atoms with Crippen molar-refractivity contribution in [2.75, 3.05) is 20.3 Å². The van der Waals surface area contributed by atoms with Gasteiger partial charge in [0.25, 0.3) is 5.91 Å². The Hall–Kier alpha value is -1.88. The highest BCUT2D eigenvalue weighted by Gasteiger charge is 2.17. The van der Waals surface area contributed by atoms with Crippen LogP contribution in [0, 0.1) is 5.92 Å². The molecule has 0 aromatic heterocycles. The van der Waals surface area contributed by atoms with Crippen molar-refractivity contribution >= 4 is 11.8 Å². The molecule has 0 bridgehead atoms. The third kappa shape index (κ3) is 4.86. The lowest BCUT2D eigenvalue weighted by Crippen LogP contribution is -2.28. The maximum atomic E-state index is 11.9. The average molecular weight is 290 g/mol. The van der Waals surface area contributed by atoms with Crippen LogP contribution in [0.25, 0.3) is 0 Å². The minimum absolute atomic E-state index is 0.0378. The van der Waals surface area contributed by atoms with Crippen LogP contribution in [0.15, 0.2) is 24.3 Å². The second-order valence-corrected chi connectivity index (χ2v) is 5.34. The highest BCUT2D eigenvalue weighted by atomic mass is 16.5. The van der Waals surface area contributed by atoms with Crippen LogP contribution in [0.3, 0.4) is 0 Å². The standard InChI is InChI=1S/C16H22N2O3/c1-17-16(20)14-6-2-4-12(8-14)10-18-15(19)9-13-5-3-7-21-11-13/h2,4,6,8,13H,3,5,7,9-11H2,1H3,(H,17,20)(H,18,19)/t13-/m1/s1. The SMILES string of the molecule is CNC(=O)c1cccc(CNC(=O)C[C@H]2CCCOC2)c1. The Balaban J connectivity index is 1.81. The van der Waals surface area contributed by atoms with Crippen LogP contribution in [0.2, 0.25) is 0 Å². The number of hydrogen-bond acceptors (Lipinski definition) is 3. The summed E-state index contributed by atoms with van der Waals surface area (Å²) in [5.41, 5.74) is 1.52. The van der Waals surface area contributed by atoms with Gasteiger partial charge in [0.05, 0.1) is 0 Å². The second kappa shape index (κ2) is 7.78. The molecule has 0 aliphatic carbocycles. The molecular weight excluding hydrogens is 268 g/mol. The highest BCUT2D eigenvalue weighted by molar-refractivity contribution is 5.94. The Bertz CT molecular complexity index is 496. The molecule has 1 aromatic carbocycles. The van der Waals surface area contributed by atoms with Crippen LogP contribution in [0.1, 0.15) is 35.2 Å². The third-order valence-electron chi connectivity index (χ3n) is 3.63. The summed E-state index contributed by atoms with van der Waals surface area (Å²) in [5, 5.41) is 5.49. The van der Waals surface area contributed by atoms with Crippen LogP contribution >= 0.6 is 0 Å². The van der Waals surface area contributed by atoms with E-state index in [9.17, 15) is 9.59 Å². The maximum absolute atomic E-state index is 11.9. The lowest BCUT2D eigenvalue weighted by molar-refractivity contribution is -0.123. The Labute approximate surface area is 125 Å². The van der Waals surface area contributed by atoms with Gasteiger partial charge in [-0.3, -0.25) is 9.59 Å². The van der Waals surface area contributed by atoms with Gasteiger partial charge in [0.2, 0.25) is 5.91 Å². The fraction of sp³-hybridized carbons (Fsp3) is 0.500. The maximum Gasteiger partial charge on any atom is 0.251 e. The molecule has 2 N–H and O–H groups in total. The minimum Gasteiger partial charge on any atom is -0.381 e. The normalized spacial score (nSPS) is 18.0. The van der Waals surface area contributed by atoms with Gasteiger partial charge in [0.1, 0.15) is 0 Å². The van der Waals surface area contributed by atoms with Crippen LogP contribution in [0.4, 0.5) is 0 Å². The number of amides is 2. The number of carbonyl (C=O) groups excluding carboxylic acids is 2. The molecule has 21 heavy (non-hydrogen) atoms. The van der Waals surface area contributed by atoms with Crippen molar-refractivity contribution < 1.29 is 14.3 Å². The third-order valence-corrected chi connectivity index (χ3v) is 3.63. The van der Waals surface area contributed by atoms with E-state index >= 15 is 0 Å². The molecule has 1 atom stereocenters. The number of benzene rings is 1. The van der Waals surface area contributed by atoms with Gasteiger partial charge >= 0.3 is 0 Å². The lowest BCUT2D eigenvalue weighted by Gasteiger charge is -2.21. The van der Waals surface area contributed by atoms with Crippen molar-refractivity contribution in [2.45, 2.75) is 25.8 Å². The summed E-state index contributed by atoms with van der Waals surface area (Å²) >= 11 is 0. The van der Waals surface area contributed by atoms with E-state index in [1.165, 1.54) is 0 Å². The quantitative estimate of drug-likeness (QED) is 0.863. The molecule has 0 unspecified atom stereocenters. The molecule has 1 saturated heterocycles. The summed E-state index contributed by atoms with van der Waals surface area (Å²) in [6, 6.07) is 7.27. The van der Waals surface area contributed by atoms with Gasteiger partial charge in [-0.1, -0.05) is 12.1 Å². The summed E-state index contributed by atoms with van der Waals surface area (Å²) in [4.78, 5) is 23.5. The molecule has 1 aromatic rings. The zero-order chi connectivity index (χ0) is 15.1. The van der Waals surface area contributed by atoms with Crippen molar-refractivity contribution in [2.24, 2.45) is 5.92 Å². The van der Waals surface area contributed by atoms with Gasteiger partial charge in [-0.15, -0.1) is 0 Å². The molecule has 0 saturated carbocycles. The van der Waals surface area contributed by atoms with Gasteiger partial charge in [-0.25, -0.2) is 0 Å². The molecule has 2 amide bonds. The van der Waals surface area contributed by atoms with E-state index in [4.69, 9.17) is 4.74 Å².